The minimum atomic E-state index is -1.61. The summed E-state index contributed by atoms with van der Waals surface area (Å²) in [5, 5.41) is 1.69. The van der Waals surface area contributed by atoms with Crippen LogP contribution in [0.15, 0.2) is 11.3 Å². The monoisotopic (exact) mass is 308 g/mol. The van der Waals surface area contributed by atoms with Gasteiger partial charge in [0.2, 0.25) is 8.32 Å². The maximum atomic E-state index is 6.77. The molecule has 0 N–H and O–H groups in total. The molecule has 2 aliphatic rings. The van der Waals surface area contributed by atoms with E-state index in [1.54, 1.807) is 5.20 Å². The second-order valence-corrected chi connectivity index (χ2v) is 11.8. The molecule has 0 unspecified atom stereocenters. The Bertz CT molecular complexity index is 341. The quantitative estimate of drug-likeness (QED) is 0.416. The molecule has 0 bridgehead atoms. The van der Waals surface area contributed by atoms with Crippen LogP contribution in [0.1, 0.15) is 78.1 Å². The van der Waals surface area contributed by atoms with Crippen LogP contribution in [-0.4, -0.2) is 14.4 Å². The summed E-state index contributed by atoms with van der Waals surface area (Å²) in [4.78, 5) is 0. The van der Waals surface area contributed by atoms with E-state index < -0.39 is 8.32 Å². The zero-order valence-corrected chi connectivity index (χ0v) is 15.8. The van der Waals surface area contributed by atoms with Gasteiger partial charge in [-0.15, -0.1) is 0 Å². The lowest BCUT2D eigenvalue weighted by Gasteiger charge is -2.43. The standard InChI is InChI=1S/C19H36OSi/c1-5-6-7-11-14-18-15-16(2)19(20-21(18,3)4)17-12-9-8-10-13-17/h15-17,19H,5-14H2,1-4H3/t16-,19-/m1/s1. The molecule has 1 aliphatic heterocycles. The second kappa shape index (κ2) is 7.96. The number of hydrogen-bond acceptors (Lipinski definition) is 1. The van der Waals surface area contributed by atoms with E-state index in [-0.39, 0.29) is 0 Å². The van der Waals surface area contributed by atoms with Crippen molar-refractivity contribution in [3.8, 4) is 0 Å². The third-order valence-electron chi connectivity index (χ3n) is 5.60. The average molecular weight is 309 g/mol. The normalized spacial score (nSPS) is 30.2. The van der Waals surface area contributed by atoms with E-state index in [4.69, 9.17) is 4.43 Å². The molecule has 0 aromatic rings. The van der Waals surface area contributed by atoms with Gasteiger partial charge < -0.3 is 4.43 Å². The van der Waals surface area contributed by atoms with E-state index in [2.05, 4.69) is 33.0 Å². The zero-order chi connectivity index (χ0) is 15.3. The first-order valence-electron chi connectivity index (χ1n) is 9.43. The first-order chi connectivity index (χ1) is 10.0. The SMILES string of the molecule is CCCCCCC1=C[C@@H](C)[C@H](C2CCCCC2)O[Si]1(C)C. The highest BCUT2D eigenvalue weighted by Crippen LogP contribution is 2.39. The molecule has 1 saturated carbocycles. The van der Waals surface area contributed by atoms with E-state index >= 15 is 0 Å². The Kier molecular flexibility index (Phi) is 6.55. The van der Waals surface area contributed by atoms with Crippen molar-refractivity contribution in [3.63, 3.8) is 0 Å². The van der Waals surface area contributed by atoms with Crippen LogP contribution < -0.4 is 0 Å². The van der Waals surface area contributed by atoms with Gasteiger partial charge in [0.05, 0.1) is 6.10 Å². The summed E-state index contributed by atoms with van der Waals surface area (Å²) in [5.41, 5.74) is 0. The fraction of sp³-hybridized carbons (Fsp3) is 0.895. The molecule has 1 fully saturated rings. The van der Waals surface area contributed by atoms with Crippen LogP contribution in [0.4, 0.5) is 0 Å². The number of hydrogen-bond donors (Lipinski definition) is 0. The number of rotatable bonds is 6. The Labute approximate surface area is 133 Å². The lowest BCUT2D eigenvalue weighted by molar-refractivity contribution is 0.0660. The van der Waals surface area contributed by atoms with E-state index in [9.17, 15) is 0 Å². The molecule has 1 heterocycles. The Morgan fingerprint density at radius 3 is 2.48 bits per heavy atom. The van der Waals surface area contributed by atoms with Gasteiger partial charge in [0.25, 0.3) is 0 Å². The Morgan fingerprint density at radius 1 is 1.10 bits per heavy atom. The van der Waals surface area contributed by atoms with Gasteiger partial charge in [-0.05, 0) is 50.6 Å². The van der Waals surface area contributed by atoms with Crippen LogP contribution in [0.25, 0.3) is 0 Å². The molecule has 2 atom stereocenters. The first kappa shape index (κ1) is 17.3. The molecule has 0 aromatic carbocycles. The van der Waals surface area contributed by atoms with E-state index in [1.807, 2.05) is 0 Å². The Morgan fingerprint density at radius 2 is 1.81 bits per heavy atom. The molecule has 1 nitrogen and oxygen atoms in total. The van der Waals surface area contributed by atoms with Crippen molar-refractivity contribution in [2.24, 2.45) is 11.8 Å². The van der Waals surface area contributed by atoms with Crippen molar-refractivity contribution in [1.29, 1.82) is 0 Å². The van der Waals surface area contributed by atoms with Crippen molar-refractivity contribution in [2.45, 2.75) is 97.3 Å². The van der Waals surface area contributed by atoms with Crippen molar-refractivity contribution in [2.75, 3.05) is 0 Å². The molecular weight excluding hydrogens is 272 g/mol. The smallest absolute Gasteiger partial charge is 0.214 e. The van der Waals surface area contributed by atoms with Gasteiger partial charge in [-0.25, -0.2) is 0 Å². The van der Waals surface area contributed by atoms with Gasteiger partial charge in [0, 0.05) is 0 Å². The van der Waals surface area contributed by atoms with Crippen LogP contribution in [0.2, 0.25) is 13.1 Å². The van der Waals surface area contributed by atoms with Crippen molar-refractivity contribution in [3.05, 3.63) is 11.3 Å². The number of allylic oxidation sites excluding steroid dienone is 1. The molecular formula is C19H36OSi. The van der Waals surface area contributed by atoms with Crippen LogP contribution >= 0.6 is 0 Å². The van der Waals surface area contributed by atoms with E-state index in [0.717, 1.165) is 5.92 Å². The fourth-order valence-corrected chi connectivity index (χ4v) is 6.93. The van der Waals surface area contributed by atoms with Crippen LogP contribution in [0, 0.1) is 11.8 Å². The van der Waals surface area contributed by atoms with E-state index in [1.165, 1.54) is 64.2 Å². The second-order valence-electron chi connectivity index (χ2n) is 7.85. The van der Waals surface area contributed by atoms with Crippen LogP contribution in [-0.2, 0) is 4.43 Å². The molecule has 0 aromatic heterocycles. The highest BCUT2D eigenvalue weighted by molar-refractivity contribution is 6.78. The van der Waals surface area contributed by atoms with Crippen LogP contribution in [0.5, 0.6) is 0 Å². The van der Waals surface area contributed by atoms with Gasteiger partial charge in [-0.2, -0.15) is 0 Å². The summed E-state index contributed by atoms with van der Waals surface area (Å²) in [7, 11) is -1.61. The predicted molar refractivity (Wildman–Crippen MR) is 94.9 cm³/mol. The Hall–Kier alpha value is -0.0831. The summed E-state index contributed by atoms with van der Waals surface area (Å²) in [6.07, 6.45) is 17.0. The third-order valence-corrected chi connectivity index (χ3v) is 8.43. The lowest BCUT2D eigenvalue weighted by atomic mass is 9.80. The summed E-state index contributed by atoms with van der Waals surface area (Å²) in [5.74, 6) is 1.47. The van der Waals surface area contributed by atoms with Gasteiger partial charge >= 0.3 is 0 Å². The average Bonchev–Trinajstić information content (AvgIpc) is 2.47. The van der Waals surface area contributed by atoms with Gasteiger partial charge in [0.15, 0.2) is 0 Å². The highest BCUT2D eigenvalue weighted by Gasteiger charge is 2.40. The van der Waals surface area contributed by atoms with Gasteiger partial charge in [0.1, 0.15) is 0 Å². The molecule has 122 valence electrons. The van der Waals surface area contributed by atoms with Crippen LogP contribution in [0.3, 0.4) is 0 Å². The summed E-state index contributed by atoms with van der Waals surface area (Å²) >= 11 is 0. The maximum absolute atomic E-state index is 6.77. The third kappa shape index (κ3) is 4.69. The van der Waals surface area contributed by atoms with Crippen molar-refractivity contribution < 1.29 is 4.43 Å². The molecule has 0 radical (unpaired) electrons. The van der Waals surface area contributed by atoms with Crippen molar-refractivity contribution >= 4 is 8.32 Å². The molecule has 0 amide bonds. The van der Waals surface area contributed by atoms with Gasteiger partial charge in [-0.3, -0.25) is 0 Å². The van der Waals surface area contributed by atoms with E-state index in [0.29, 0.717) is 12.0 Å². The minimum Gasteiger partial charge on any atom is -0.409 e. The summed E-state index contributed by atoms with van der Waals surface area (Å²) in [6.45, 7) is 9.55. The first-order valence-corrected chi connectivity index (χ1v) is 12.3. The maximum Gasteiger partial charge on any atom is 0.214 e. The largest absolute Gasteiger partial charge is 0.409 e. The minimum absolute atomic E-state index is 0.520. The molecule has 0 spiro atoms. The Balaban J connectivity index is 1.96. The molecule has 1 aliphatic carbocycles. The number of unbranched alkanes of at least 4 members (excludes halogenated alkanes) is 3. The summed E-state index contributed by atoms with van der Waals surface area (Å²) in [6, 6.07) is 0. The molecule has 2 heteroatoms. The molecule has 21 heavy (non-hydrogen) atoms. The van der Waals surface area contributed by atoms with Crippen molar-refractivity contribution in [1.82, 2.24) is 0 Å². The van der Waals surface area contributed by atoms with Gasteiger partial charge in [-0.1, -0.05) is 63.6 Å². The molecule has 2 rings (SSSR count). The fourth-order valence-electron chi connectivity index (χ4n) is 4.25. The lowest BCUT2D eigenvalue weighted by Crippen LogP contribution is -2.47. The highest BCUT2D eigenvalue weighted by atomic mass is 28.4. The summed E-state index contributed by atoms with van der Waals surface area (Å²) < 4.78 is 6.77. The topological polar surface area (TPSA) is 9.23 Å². The predicted octanol–water partition coefficient (Wildman–Crippen LogP) is 6.24. The zero-order valence-electron chi connectivity index (χ0n) is 14.8. The molecule has 0 saturated heterocycles.